The van der Waals surface area contributed by atoms with Gasteiger partial charge in [-0.05, 0) is 38.8 Å². The van der Waals surface area contributed by atoms with Crippen molar-refractivity contribution < 1.29 is 0 Å². The lowest BCUT2D eigenvalue weighted by molar-refractivity contribution is 0.173. The minimum absolute atomic E-state index is 0.584. The molecule has 0 aromatic carbocycles. The molecule has 0 atom stereocenters. The summed E-state index contributed by atoms with van der Waals surface area (Å²) in [6.45, 7) is 9.34. The van der Waals surface area contributed by atoms with E-state index in [2.05, 4.69) is 46.2 Å². The van der Waals surface area contributed by atoms with Gasteiger partial charge in [0.2, 0.25) is 0 Å². The van der Waals surface area contributed by atoms with Gasteiger partial charge in [-0.2, -0.15) is 5.10 Å². The van der Waals surface area contributed by atoms with Gasteiger partial charge in [0, 0.05) is 24.7 Å². The molecule has 3 rings (SSSR count). The second-order valence-corrected chi connectivity index (χ2v) is 7.02. The highest BCUT2D eigenvalue weighted by Crippen LogP contribution is 2.42. The Balaban J connectivity index is 1.60. The summed E-state index contributed by atoms with van der Waals surface area (Å²) in [5, 5.41) is 8.05. The van der Waals surface area contributed by atoms with Gasteiger partial charge in [-0.3, -0.25) is 4.68 Å². The van der Waals surface area contributed by atoms with Crippen LogP contribution < -0.4 is 10.2 Å². The maximum atomic E-state index is 4.63. The molecule has 0 aliphatic carbocycles. The van der Waals surface area contributed by atoms with Crippen molar-refractivity contribution in [1.29, 1.82) is 0 Å². The fourth-order valence-electron chi connectivity index (χ4n) is 4.21. The molecule has 0 bridgehead atoms. The van der Waals surface area contributed by atoms with Gasteiger partial charge in [-0.1, -0.05) is 26.7 Å². The van der Waals surface area contributed by atoms with Crippen LogP contribution >= 0.6 is 0 Å². The molecule has 0 spiro atoms. The van der Waals surface area contributed by atoms with Crippen LogP contribution in [0.15, 0.2) is 12.4 Å². The Morgan fingerprint density at radius 1 is 1.19 bits per heavy atom. The summed E-state index contributed by atoms with van der Waals surface area (Å²) < 4.78 is 2.20. The van der Waals surface area contributed by atoms with E-state index in [1.54, 1.807) is 0 Å². The minimum Gasteiger partial charge on any atom is -0.368 e. The molecule has 2 saturated heterocycles. The average Bonchev–Trinajstić information content (AvgIpc) is 2.95. The molecule has 2 aliphatic rings. The lowest BCUT2D eigenvalue weighted by atomic mass is 9.72. The SMILES string of the molecule is CCCC1(CCC)CN(c2cnn(C3CCNCC3)c2)C1. The molecular weight excluding hydrogens is 260 g/mol. The van der Waals surface area contributed by atoms with Gasteiger partial charge in [-0.25, -0.2) is 0 Å². The van der Waals surface area contributed by atoms with Crippen LogP contribution in [0.3, 0.4) is 0 Å². The number of rotatable bonds is 6. The number of nitrogens with zero attached hydrogens (tertiary/aromatic N) is 3. The van der Waals surface area contributed by atoms with Gasteiger partial charge in [0.15, 0.2) is 0 Å². The Morgan fingerprint density at radius 3 is 2.48 bits per heavy atom. The van der Waals surface area contributed by atoms with Crippen molar-refractivity contribution in [3.63, 3.8) is 0 Å². The van der Waals surface area contributed by atoms with Crippen LogP contribution in [0, 0.1) is 5.41 Å². The lowest BCUT2D eigenvalue weighted by Crippen LogP contribution is -2.56. The molecule has 3 heterocycles. The van der Waals surface area contributed by atoms with Gasteiger partial charge >= 0.3 is 0 Å². The first-order chi connectivity index (χ1) is 10.3. The molecule has 0 unspecified atom stereocenters. The molecule has 4 heteroatoms. The second kappa shape index (κ2) is 6.39. The smallest absolute Gasteiger partial charge is 0.0753 e. The fraction of sp³-hybridized carbons (Fsp3) is 0.824. The summed E-state index contributed by atoms with van der Waals surface area (Å²) in [5.74, 6) is 0. The largest absolute Gasteiger partial charge is 0.368 e. The topological polar surface area (TPSA) is 33.1 Å². The highest BCUT2D eigenvalue weighted by molar-refractivity contribution is 5.46. The van der Waals surface area contributed by atoms with Crippen molar-refractivity contribution in [2.24, 2.45) is 5.41 Å². The Hall–Kier alpha value is -1.03. The summed E-state index contributed by atoms with van der Waals surface area (Å²) in [6, 6.07) is 0.595. The first-order valence-corrected chi connectivity index (χ1v) is 8.76. The first kappa shape index (κ1) is 14.9. The number of hydrogen-bond donors (Lipinski definition) is 1. The molecule has 0 radical (unpaired) electrons. The van der Waals surface area contributed by atoms with Crippen molar-refractivity contribution >= 4 is 5.69 Å². The molecular formula is C17H30N4. The van der Waals surface area contributed by atoms with Crippen molar-refractivity contribution in [3.8, 4) is 0 Å². The van der Waals surface area contributed by atoms with E-state index in [0.29, 0.717) is 11.5 Å². The maximum Gasteiger partial charge on any atom is 0.0753 e. The molecule has 0 amide bonds. The molecule has 21 heavy (non-hydrogen) atoms. The predicted molar refractivity (Wildman–Crippen MR) is 87.8 cm³/mol. The van der Waals surface area contributed by atoms with E-state index in [9.17, 15) is 0 Å². The van der Waals surface area contributed by atoms with Crippen LogP contribution in [0.25, 0.3) is 0 Å². The first-order valence-electron chi connectivity index (χ1n) is 8.76. The quantitative estimate of drug-likeness (QED) is 0.873. The van der Waals surface area contributed by atoms with Gasteiger partial charge in [0.1, 0.15) is 0 Å². The average molecular weight is 290 g/mol. The third-order valence-corrected chi connectivity index (χ3v) is 5.25. The maximum absolute atomic E-state index is 4.63. The molecule has 1 N–H and O–H groups in total. The number of nitrogens with one attached hydrogen (secondary N) is 1. The highest BCUT2D eigenvalue weighted by atomic mass is 15.3. The summed E-state index contributed by atoms with van der Waals surface area (Å²) in [7, 11) is 0. The van der Waals surface area contributed by atoms with Crippen molar-refractivity contribution in [2.45, 2.75) is 58.4 Å². The standard InChI is InChI=1S/C17H30N4/c1-3-7-17(8-4-2)13-20(14-17)16-11-19-21(12-16)15-5-9-18-10-6-15/h11-12,15,18H,3-10,13-14H2,1-2H3. The summed E-state index contributed by atoms with van der Waals surface area (Å²) >= 11 is 0. The summed E-state index contributed by atoms with van der Waals surface area (Å²) in [6.07, 6.45) is 12.1. The predicted octanol–water partition coefficient (Wildman–Crippen LogP) is 3.21. The van der Waals surface area contributed by atoms with E-state index in [4.69, 9.17) is 0 Å². The zero-order chi connectivity index (χ0) is 14.7. The van der Waals surface area contributed by atoms with Crippen LogP contribution in [0.2, 0.25) is 0 Å². The second-order valence-electron chi connectivity index (χ2n) is 7.02. The number of anilines is 1. The van der Waals surface area contributed by atoms with E-state index in [0.717, 1.165) is 13.1 Å². The number of hydrogen-bond acceptors (Lipinski definition) is 3. The number of aromatic nitrogens is 2. The Labute approximate surface area is 128 Å². The number of piperidine rings is 1. The molecule has 2 aliphatic heterocycles. The van der Waals surface area contributed by atoms with Crippen LogP contribution in [-0.2, 0) is 0 Å². The molecule has 2 fully saturated rings. The third kappa shape index (κ3) is 3.10. The van der Waals surface area contributed by atoms with Crippen LogP contribution in [0.4, 0.5) is 5.69 Å². The van der Waals surface area contributed by atoms with Crippen molar-refractivity contribution in [2.75, 3.05) is 31.1 Å². The Bertz CT molecular complexity index is 433. The molecule has 118 valence electrons. The van der Waals surface area contributed by atoms with Crippen molar-refractivity contribution in [3.05, 3.63) is 12.4 Å². The van der Waals surface area contributed by atoms with Crippen molar-refractivity contribution in [1.82, 2.24) is 15.1 Å². The normalized spacial score (nSPS) is 22.3. The Kier molecular flexibility index (Phi) is 4.53. The van der Waals surface area contributed by atoms with Gasteiger partial charge in [0.05, 0.1) is 17.9 Å². The van der Waals surface area contributed by atoms with Crippen LogP contribution in [0.1, 0.15) is 58.4 Å². The molecule has 1 aromatic heterocycles. The highest BCUT2D eigenvalue weighted by Gasteiger charge is 2.41. The summed E-state index contributed by atoms with van der Waals surface area (Å²) in [5.41, 5.74) is 1.91. The van der Waals surface area contributed by atoms with E-state index in [-0.39, 0.29) is 0 Å². The van der Waals surface area contributed by atoms with Crippen LogP contribution in [-0.4, -0.2) is 36.0 Å². The van der Waals surface area contributed by atoms with E-state index >= 15 is 0 Å². The molecule has 1 aromatic rings. The molecule has 4 nitrogen and oxygen atoms in total. The molecule has 0 saturated carbocycles. The third-order valence-electron chi connectivity index (χ3n) is 5.25. The Morgan fingerprint density at radius 2 is 1.86 bits per heavy atom. The summed E-state index contributed by atoms with van der Waals surface area (Å²) in [4.78, 5) is 2.52. The van der Waals surface area contributed by atoms with E-state index in [1.165, 1.54) is 57.3 Å². The zero-order valence-corrected chi connectivity index (χ0v) is 13.6. The lowest BCUT2D eigenvalue weighted by Gasteiger charge is -2.51. The zero-order valence-electron chi connectivity index (χ0n) is 13.6. The van der Waals surface area contributed by atoms with Crippen LogP contribution in [0.5, 0.6) is 0 Å². The fourth-order valence-corrected chi connectivity index (χ4v) is 4.21. The van der Waals surface area contributed by atoms with Gasteiger partial charge < -0.3 is 10.2 Å². The minimum atomic E-state index is 0.584. The van der Waals surface area contributed by atoms with Gasteiger partial charge in [0.25, 0.3) is 0 Å². The van der Waals surface area contributed by atoms with E-state index in [1.807, 2.05) is 0 Å². The van der Waals surface area contributed by atoms with E-state index < -0.39 is 0 Å². The van der Waals surface area contributed by atoms with Gasteiger partial charge in [-0.15, -0.1) is 0 Å². The monoisotopic (exact) mass is 290 g/mol.